The molecular formula is C24H28N4O6. The Balaban J connectivity index is 1.42. The zero-order chi connectivity index (χ0) is 24.2. The molecule has 0 spiro atoms. The van der Waals surface area contributed by atoms with Gasteiger partial charge < -0.3 is 29.0 Å². The van der Waals surface area contributed by atoms with Crippen LogP contribution in [0.2, 0.25) is 0 Å². The average Bonchev–Trinajstić information content (AvgIpc) is 2.87. The second-order valence-electron chi connectivity index (χ2n) is 7.96. The number of H-pyrrole nitrogens is 1. The van der Waals surface area contributed by atoms with Gasteiger partial charge in [0, 0.05) is 50.9 Å². The normalized spacial score (nSPS) is 13.7. The van der Waals surface area contributed by atoms with Crippen molar-refractivity contribution in [2.24, 2.45) is 0 Å². The summed E-state index contributed by atoms with van der Waals surface area (Å²) in [6.07, 6.45) is 0.0598. The summed E-state index contributed by atoms with van der Waals surface area (Å²) in [6.45, 7) is 2.55. The van der Waals surface area contributed by atoms with Crippen LogP contribution in [0.1, 0.15) is 6.42 Å². The molecule has 3 aromatic rings. The molecule has 180 valence electrons. The molecule has 2 heterocycles. The molecule has 1 aliphatic heterocycles. The molecule has 0 atom stereocenters. The van der Waals surface area contributed by atoms with Crippen molar-refractivity contribution in [1.29, 1.82) is 0 Å². The molecule has 2 aromatic carbocycles. The zero-order valence-corrected chi connectivity index (χ0v) is 19.5. The number of aromatic amines is 1. The predicted octanol–water partition coefficient (Wildman–Crippen LogP) is 1.45. The van der Waals surface area contributed by atoms with E-state index in [0.717, 1.165) is 16.0 Å². The van der Waals surface area contributed by atoms with Crippen LogP contribution in [0.5, 0.6) is 17.2 Å². The van der Waals surface area contributed by atoms with Crippen LogP contribution in [-0.4, -0.2) is 67.9 Å². The van der Waals surface area contributed by atoms with Crippen molar-refractivity contribution in [3.05, 3.63) is 57.2 Å². The first-order valence-corrected chi connectivity index (χ1v) is 11.0. The Hall–Kier alpha value is -3.95. The zero-order valence-electron chi connectivity index (χ0n) is 19.5. The van der Waals surface area contributed by atoms with Crippen molar-refractivity contribution in [3.8, 4) is 17.2 Å². The van der Waals surface area contributed by atoms with Gasteiger partial charge in [0.2, 0.25) is 5.91 Å². The number of amides is 1. The van der Waals surface area contributed by atoms with E-state index in [1.54, 1.807) is 18.1 Å². The first-order valence-electron chi connectivity index (χ1n) is 11.0. The van der Waals surface area contributed by atoms with Gasteiger partial charge >= 0.3 is 5.69 Å². The van der Waals surface area contributed by atoms with Crippen molar-refractivity contribution < 1.29 is 19.0 Å². The van der Waals surface area contributed by atoms with Crippen LogP contribution in [0, 0.1) is 0 Å². The molecule has 0 saturated carbocycles. The summed E-state index contributed by atoms with van der Waals surface area (Å²) >= 11 is 0. The Labute approximate surface area is 196 Å². The second kappa shape index (κ2) is 9.90. The van der Waals surface area contributed by atoms with Crippen molar-refractivity contribution in [3.63, 3.8) is 0 Å². The van der Waals surface area contributed by atoms with E-state index in [4.69, 9.17) is 14.2 Å². The molecule has 1 aromatic heterocycles. The summed E-state index contributed by atoms with van der Waals surface area (Å²) < 4.78 is 16.7. The third-order valence-electron chi connectivity index (χ3n) is 6.11. The van der Waals surface area contributed by atoms with E-state index in [-0.39, 0.29) is 24.3 Å². The molecule has 1 N–H and O–H groups in total. The second-order valence-corrected chi connectivity index (χ2v) is 7.96. The van der Waals surface area contributed by atoms with E-state index < -0.39 is 11.2 Å². The fourth-order valence-corrected chi connectivity index (χ4v) is 4.16. The van der Waals surface area contributed by atoms with Gasteiger partial charge in [-0.2, -0.15) is 0 Å². The van der Waals surface area contributed by atoms with Gasteiger partial charge in [-0.15, -0.1) is 0 Å². The third-order valence-corrected chi connectivity index (χ3v) is 6.11. The van der Waals surface area contributed by atoms with Crippen LogP contribution in [0.15, 0.2) is 46.0 Å². The number of aromatic nitrogens is 2. The number of piperazine rings is 1. The summed E-state index contributed by atoms with van der Waals surface area (Å²) in [7, 11) is 4.58. The summed E-state index contributed by atoms with van der Waals surface area (Å²) in [5, 5.41) is 0.290. The maximum Gasteiger partial charge on any atom is 0.328 e. The molecule has 0 bridgehead atoms. The summed E-state index contributed by atoms with van der Waals surface area (Å²) in [5.41, 5.74) is 0.387. The van der Waals surface area contributed by atoms with Crippen LogP contribution < -0.4 is 30.4 Å². The Morgan fingerprint density at radius 2 is 1.56 bits per heavy atom. The number of fused-ring (bicyclic) bond motifs is 1. The number of nitrogens with zero attached hydrogens (tertiary/aromatic N) is 3. The topological polar surface area (TPSA) is 106 Å². The quantitative estimate of drug-likeness (QED) is 0.560. The van der Waals surface area contributed by atoms with Crippen molar-refractivity contribution in [2.75, 3.05) is 52.4 Å². The van der Waals surface area contributed by atoms with Crippen LogP contribution in [0.4, 0.5) is 5.69 Å². The highest BCUT2D eigenvalue weighted by molar-refractivity contribution is 5.81. The minimum absolute atomic E-state index is 0.00399. The number of nitrogens with one attached hydrogen (secondary N) is 1. The van der Waals surface area contributed by atoms with E-state index in [0.29, 0.717) is 43.2 Å². The largest absolute Gasteiger partial charge is 0.497 e. The maximum atomic E-state index is 13.0. The molecule has 0 unspecified atom stereocenters. The van der Waals surface area contributed by atoms with Crippen molar-refractivity contribution >= 4 is 22.5 Å². The van der Waals surface area contributed by atoms with Gasteiger partial charge in [-0.25, -0.2) is 4.79 Å². The highest BCUT2D eigenvalue weighted by atomic mass is 16.5. The number of ether oxygens (including phenoxy) is 3. The first-order chi connectivity index (χ1) is 16.4. The van der Waals surface area contributed by atoms with E-state index >= 15 is 0 Å². The minimum Gasteiger partial charge on any atom is -0.497 e. The lowest BCUT2D eigenvalue weighted by molar-refractivity contribution is -0.131. The van der Waals surface area contributed by atoms with Crippen LogP contribution >= 0.6 is 0 Å². The number of hydrogen-bond donors (Lipinski definition) is 1. The van der Waals surface area contributed by atoms with E-state index in [1.165, 1.54) is 20.3 Å². The number of methoxy groups -OCH3 is 3. The predicted molar refractivity (Wildman–Crippen MR) is 128 cm³/mol. The van der Waals surface area contributed by atoms with Gasteiger partial charge in [0.25, 0.3) is 5.56 Å². The number of rotatable bonds is 7. The number of carbonyl (C=O) groups is 1. The highest BCUT2D eigenvalue weighted by Gasteiger charge is 2.22. The monoisotopic (exact) mass is 468 g/mol. The molecule has 0 aliphatic carbocycles. The molecule has 10 heteroatoms. The lowest BCUT2D eigenvalue weighted by Gasteiger charge is -2.36. The number of carbonyl (C=O) groups excluding carboxylic acids is 1. The van der Waals surface area contributed by atoms with Crippen LogP contribution in [0.25, 0.3) is 10.9 Å². The van der Waals surface area contributed by atoms with Gasteiger partial charge in [-0.1, -0.05) is 0 Å². The molecule has 34 heavy (non-hydrogen) atoms. The molecule has 1 amide bonds. The molecule has 4 rings (SSSR count). The summed E-state index contributed by atoms with van der Waals surface area (Å²) in [4.78, 5) is 45.0. The summed E-state index contributed by atoms with van der Waals surface area (Å²) in [5.74, 6) is 1.51. The van der Waals surface area contributed by atoms with E-state index in [1.807, 2.05) is 24.3 Å². The molecule has 0 radical (unpaired) electrons. The van der Waals surface area contributed by atoms with Gasteiger partial charge in [-0.05, 0) is 30.3 Å². The lowest BCUT2D eigenvalue weighted by Crippen LogP contribution is -2.49. The van der Waals surface area contributed by atoms with Crippen LogP contribution in [-0.2, 0) is 11.3 Å². The van der Waals surface area contributed by atoms with Gasteiger partial charge in [0.05, 0.1) is 32.2 Å². The Bertz CT molecular complexity index is 1290. The molecular weight excluding hydrogens is 440 g/mol. The van der Waals surface area contributed by atoms with E-state index in [9.17, 15) is 14.4 Å². The standard InChI is InChI=1S/C24H28N4O6/c1-32-17-6-4-16(5-7-17)26-10-12-27(13-11-26)22(29)8-9-28-23(30)18-14-20(33-2)21(34-3)15-19(18)25-24(28)31/h4-7,14-15H,8-13H2,1-3H3,(H,25,31). The smallest absolute Gasteiger partial charge is 0.328 e. The van der Waals surface area contributed by atoms with Gasteiger partial charge in [0.15, 0.2) is 11.5 Å². The Kier molecular flexibility index (Phi) is 6.76. The number of hydrogen-bond acceptors (Lipinski definition) is 7. The lowest BCUT2D eigenvalue weighted by atomic mass is 10.2. The van der Waals surface area contributed by atoms with Gasteiger partial charge in [-0.3, -0.25) is 14.2 Å². The van der Waals surface area contributed by atoms with Crippen molar-refractivity contribution in [1.82, 2.24) is 14.5 Å². The van der Waals surface area contributed by atoms with Crippen molar-refractivity contribution in [2.45, 2.75) is 13.0 Å². The third kappa shape index (κ3) is 4.57. The average molecular weight is 469 g/mol. The Morgan fingerprint density at radius 1 is 0.912 bits per heavy atom. The number of benzene rings is 2. The van der Waals surface area contributed by atoms with E-state index in [2.05, 4.69) is 9.88 Å². The van der Waals surface area contributed by atoms with Crippen LogP contribution in [0.3, 0.4) is 0 Å². The van der Waals surface area contributed by atoms with Gasteiger partial charge in [0.1, 0.15) is 5.75 Å². The highest BCUT2D eigenvalue weighted by Crippen LogP contribution is 2.29. The minimum atomic E-state index is -0.568. The molecule has 1 fully saturated rings. The fraction of sp³-hybridized carbons (Fsp3) is 0.375. The molecule has 1 saturated heterocycles. The first kappa shape index (κ1) is 23.2. The molecule has 10 nitrogen and oxygen atoms in total. The number of anilines is 1. The Morgan fingerprint density at radius 3 is 2.18 bits per heavy atom. The summed E-state index contributed by atoms with van der Waals surface area (Å²) in [6, 6.07) is 10.9. The SMILES string of the molecule is COc1ccc(N2CCN(C(=O)CCn3c(=O)[nH]c4cc(OC)c(OC)cc4c3=O)CC2)cc1. The maximum absolute atomic E-state index is 13.0. The molecule has 1 aliphatic rings. The fourth-order valence-electron chi connectivity index (χ4n) is 4.16.